The highest BCUT2D eigenvalue weighted by Crippen LogP contribution is 2.33. The summed E-state index contributed by atoms with van der Waals surface area (Å²) in [5.41, 5.74) is 0.732. The summed E-state index contributed by atoms with van der Waals surface area (Å²) in [5.74, 6) is -1.09. The van der Waals surface area contributed by atoms with E-state index in [9.17, 15) is 22.7 Å². The molecule has 2 heterocycles. The summed E-state index contributed by atoms with van der Waals surface area (Å²) in [6, 6.07) is 3.26. The Balaban J connectivity index is 1.97. The van der Waals surface area contributed by atoms with Crippen molar-refractivity contribution in [2.75, 3.05) is 11.9 Å². The molecule has 27 heavy (non-hydrogen) atoms. The molecule has 1 amide bonds. The van der Waals surface area contributed by atoms with Crippen molar-refractivity contribution in [1.29, 1.82) is 0 Å². The molecule has 0 bridgehead atoms. The Hall–Kier alpha value is -2.43. The molecular weight excluding hydrogens is 377 g/mol. The van der Waals surface area contributed by atoms with Crippen LogP contribution in [0.4, 0.5) is 10.1 Å². The highest BCUT2D eigenvalue weighted by atomic mass is 32.2. The van der Waals surface area contributed by atoms with E-state index in [2.05, 4.69) is 10.0 Å². The van der Waals surface area contributed by atoms with Gasteiger partial charge in [-0.3, -0.25) is 4.79 Å². The Morgan fingerprint density at radius 3 is 2.81 bits per heavy atom. The van der Waals surface area contributed by atoms with Crippen molar-refractivity contribution in [2.45, 2.75) is 30.9 Å². The van der Waals surface area contributed by atoms with Crippen LogP contribution in [0.15, 0.2) is 29.3 Å². The number of carbonyl (C=O) groups is 1. The first-order valence-corrected chi connectivity index (χ1v) is 9.68. The average molecular weight is 397 g/mol. The monoisotopic (exact) mass is 397 g/mol. The lowest BCUT2D eigenvalue weighted by Gasteiger charge is -2.18. The van der Waals surface area contributed by atoms with Gasteiger partial charge in [0.25, 0.3) is 5.91 Å². The lowest BCUT2D eigenvalue weighted by Crippen LogP contribution is -2.44. The molecule has 0 radical (unpaired) electrons. The molecule has 2 aromatic rings. The number of hydrogen-bond acceptors (Lipinski definition) is 5. The number of sulfonamides is 1. The van der Waals surface area contributed by atoms with E-state index >= 15 is 0 Å². The minimum absolute atomic E-state index is 0.00333. The molecular formula is C17H20FN3O5S. The molecule has 3 N–H and O–H groups in total. The molecule has 0 unspecified atom stereocenters. The molecule has 8 nitrogen and oxygen atoms in total. The standard InChI is InChI=1S/C17H20FN3O5S/c1-9-6-11(4-5-12(9)18)19-17(23)15-16-14(7-21(15)3)27(24,25)20-13(8-26-16)10(2)22/h4-7,10,13,20,22H,8H2,1-3H3,(H,19,23)/t10-,13-/m0/s1. The summed E-state index contributed by atoms with van der Waals surface area (Å²) in [6.07, 6.45) is 0.296. The van der Waals surface area contributed by atoms with Crippen LogP contribution in [0.2, 0.25) is 0 Å². The highest BCUT2D eigenvalue weighted by Gasteiger charge is 2.35. The number of nitrogens with zero attached hydrogens (tertiary/aromatic N) is 1. The maximum atomic E-state index is 13.4. The van der Waals surface area contributed by atoms with Gasteiger partial charge in [-0.25, -0.2) is 17.5 Å². The van der Waals surface area contributed by atoms with Gasteiger partial charge in [-0.05, 0) is 37.6 Å². The molecule has 10 heteroatoms. The fourth-order valence-corrected chi connectivity index (χ4v) is 4.28. The molecule has 0 aliphatic carbocycles. The number of aromatic nitrogens is 1. The number of anilines is 1. The summed E-state index contributed by atoms with van der Waals surface area (Å²) in [5, 5.41) is 12.3. The largest absolute Gasteiger partial charge is 0.488 e. The average Bonchev–Trinajstić information content (AvgIpc) is 2.85. The van der Waals surface area contributed by atoms with E-state index in [0.717, 1.165) is 0 Å². The molecule has 3 rings (SSSR count). The number of aliphatic hydroxyl groups excluding tert-OH is 1. The van der Waals surface area contributed by atoms with Crippen LogP contribution in [-0.4, -0.2) is 42.8 Å². The molecule has 0 saturated heterocycles. The third kappa shape index (κ3) is 3.68. The van der Waals surface area contributed by atoms with Gasteiger partial charge in [0.15, 0.2) is 11.4 Å². The number of fused-ring (bicyclic) bond motifs is 1. The van der Waals surface area contributed by atoms with Gasteiger partial charge < -0.3 is 19.7 Å². The molecule has 1 aromatic carbocycles. The zero-order chi connectivity index (χ0) is 19.9. The second kappa shape index (κ2) is 6.95. The van der Waals surface area contributed by atoms with Crippen molar-refractivity contribution in [2.24, 2.45) is 7.05 Å². The van der Waals surface area contributed by atoms with Gasteiger partial charge in [-0.15, -0.1) is 0 Å². The van der Waals surface area contributed by atoms with Gasteiger partial charge in [0.1, 0.15) is 17.3 Å². The van der Waals surface area contributed by atoms with Crippen LogP contribution in [0.25, 0.3) is 0 Å². The first kappa shape index (κ1) is 19.3. The third-order valence-corrected chi connectivity index (χ3v) is 5.80. The predicted octanol–water partition coefficient (Wildman–Crippen LogP) is 1.15. The molecule has 1 aliphatic heterocycles. The maximum Gasteiger partial charge on any atom is 0.276 e. The van der Waals surface area contributed by atoms with Gasteiger partial charge in [0, 0.05) is 18.9 Å². The van der Waals surface area contributed by atoms with Crippen molar-refractivity contribution in [1.82, 2.24) is 9.29 Å². The van der Waals surface area contributed by atoms with Gasteiger partial charge in [-0.2, -0.15) is 0 Å². The van der Waals surface area contributed by atoms with E-state index in [1.54, 1.807) is 6.92 Å². The molecule has 1 aliphatic rings. The minimum atomic E-state index is -3.98. The van der Waals surface area contributed by atoms with E-state index in [4.69, 9.17) is 4.74 Å². The van der Waals surface area contributed by atoms with Crippen molar-refractivity contribution in [3.8, 4) is 5.75 Å². The van der Waals surface area contributed by atoms with E-state index in [1.807, 2.05) is 0 Å². The van der Waals surface area contributed by atoms with Crippen molar-refractivity contribution >= 4 is 21.6 Å². The molecule has 2 atom stereocenters. The van der Waals surface area contributed by atoms with Crippen molar-refractivity contribution < 1.29 is 27.4 Å². The van der Waals surface area contributed by atoms with E-state index in [-0.39, 0.29) is 22.9 Å². The van der Waals surface area contributed by atoms with Crippen molar-refractivity contribution in [3.05, 3.63) is 41.5 Å². The third-order valence-electron chi connectivity index (χ3n) is 4.32. The Morgan fingerprint density at radius 2 is 2.19 bits per heavy atom. The van der Waals surface area contributed by atoms with Crippen LogP contribution in [0, 0.1) is 12.7 Å². The molecule has 0 saturated carbocycles. The Bertz CT molecular complexity index is 1000. The smallest absolute Gasteiger partial charge is 0.276 e. The van der Waals surface area contributed by atoms with Gasteiger partial charge in [-0.1, -0.05) is 0 Å². The van der Waals surface area contributed by atoms with Crippen LogP contribution in [0.3, 0.4) is 0 Å². The van der Waals surface area contributed by atoms with E-state index < -0.39 is 33.9 Å². The summed E-state index contributed by atoms with van der Waals surface area (Å²) < 4.78 is 47.8. The summed E-state index contributed by atoms with van der Waals surface area (Å²) in [4.78, 5) is 12.5. The van der Waals surface area contributed by atoms with E-state index in [1.165, 1.54) is 42.9 Å². The zero-order valence-corrected chi connectivity index (χ0v) is 15.8. The summed E-state index contributed by atoms with van der Waals surface area (Å²) in [6.45, 7) is 2.87. The Kier molecular flexibility index (Phi) is 4.98. The molecule has 0 fully saturated rings. The number of hydrogen-bond donors (Lipinski definition) is 3. The topological polar surface area (TPSA) is 110 Å². The predicted molar refractivity (Wildman–Crippen MR) is 95.8 cm³/mol. The first-order chi connectivity index (χ1) is 12.6. The number of nitrogens with one attached hydrogen (secondary N) is 2. The van der Waals surface area contributed by atoms with E-state index in [0.29, 0.717) is 11.3 Å². The number of aryl methyl sites for hydroxylation is 2. The Morgan fingerprint density at radius 1 is 1.48 bits per heavy atom. The number of rotatable bonds is 3. The summed E-state index contributed by atoms with van der Waals surface area (Å²) >= 11 is 0. The van der Waals surface area contributed by atoms with Crippen LogP contribution < -0.4 is 14.8 Å². The minimum Gasteiger partial charge on any atom is -0.488 e. The molecule has 0 spiro atoms. The fourth-order valence-electron chi connectivity index (χ4n) is 2.79. The van der Waals surface area contributed by atoms with Crippen LogP contribution in [-0.2, 0) is 17.1 Å². The number of ether oxygens (including phenoxy) is 1. The second-order valence-corrected chi connectivity index (χ2v) is 8.16. The second-order valence-electron chi connectivity index (χ2n) is 6.48. The normalized spacial score (nSPS) is 19.5. The van der Waals surface area contributed by atoms with Gasteiger partial charge >= 0.3 is 0 Å². The van der Waals surface area contributed by atoms with Gasteiger partial charge in [0.05, 0.1) is 12.1 Å². The van der Waals surface area contributed by atoms with Crippen LogP contribution >= 0.6 is 0 Å². The van der Waals surface area contributed by atoms with Crippen LogP contribution in [0.5, 0.6) is 5.75 Å². The van der Waals surface area contributed by atoms with Crippen molar-refractivity contribution in [3.63, 3.8) is 0 Å². The number of aliphatic hydroxyl groups is 1. The quantitative estimate of drug-likeness (QED) is 0.720. The zero-order valence-electron chi connectivity index (χ0n) is 15.0. The molecule has 146 valence electrons. The SMILES string of the molecule is Cc1cc(NC(=O)c2c3c(cn2C)S(=O)(=O)N[C@H]([C@H](C)O)CO3)ccc1F. The fraction of sp³-hybridized carbons (Fsp3) is 0.353. The number of amides is 1. The van der Waals surface area contributed by atoms with Gasteiger partial charge in [0.2, 0.25) is 10.0 Å². The van der Waals surface area contributed by atoms with Crippen LogP contribution in [0.1, 0.15) is 23.0 Å². The maximum absolute atomic E-state index is 13.4. The molecule has 1 aromatic heterocycles. The highest BCUT2D eigenvalue weighted by molar-refractivity contribution is 7.89. The first-order valence-electron chi connectivity index (χ1n) is 8.20. The summed E-state index contributed by atoms with van der Waals surface area (Å²) in [7, 11) is -2.46. The lowest BCUT2D eigenvalue weighted by atomic mass is 10.2. The number of carbonyl (C=O) groups excluding carboxylic acids is 1. The number of benzene rings is 1. The lowest BCUT2D eigenvalue weighted by molar-refractivity contribution is 0.100. The Labute approximate surface area is 156 Å². The number of halogens is 1.